The zero-order chi connectivity index (χ0) is 24.7. The van der Waals surface area contributed by atoms with Crippen LogP contribution >= 0.6 is 23.4 Å². The highest BCUT2D eigenvalue weighted by Gasteiger charge is 2.20. The van der Waals surface area contributed by atoms with Gasteiger partial charge in [-0.1, -0.05) is 35.5 Å². The van der Waals surface area contributed by atoms with Crippen LogP contribution in [-0.2, 0) is 22.6 Å². The van der Waals surface area contributed by atoms with Gasteiger partial charge in [-0.3, -0.25) is 9.59 Å². The number of aromatic nitrogens is 3. The lowest BCUT2D eigenvalue weighted by Crippen LogP contribution is -2.30. The zero-order valence-electron chi connectivity index (χ0n) is 19.0. The predicted molar refractivity (Wildman–Crippen MR) is 130 cm³/mol. The van der Waals surface area contributed by atoms with E-state index in [2.05, 4.69) is 20.8 Å². The summed E-state index contributed by atoms with van der Waals surface area (Å²) in [4.78, 5) is 24.8. The Labute approximate surface area is 206 Å². The number of carbonyl (C=O) groups is 2. The van der Waals surface area contributed by atoms with Crippen LogP contribution in [-0.4, -0.2) is 39.4 Å². The second-order valence-corrected chi connectivity index (χ2v) is 8.71. The number of ether oxygens (including phenoxy) is 1. The third-order valence-corrected chi connectivity index (χ3v) is 6.14. The Bertz CT molecular complexity index is 1160. The molecule has 0 saturated heterocycles. The average Bonchev–Trinajstić information content (AvgIpc) is 3.23. The van der Waals surface area contributed by atoms with E-state index in [9.17, 15) is 14.0 Å². The molecule has 1 aromatic heterocycles. The van der Waals surface area contributed by atoms with Gasteiger partial charge in [0.1, 0.15) is 11.6 Å². The van der Waals surface area contributed by atoms with E-state index < -0.39 is 5.82 Å². The Morgan fingerprint density at radius 2 is 1.91 bits per heavy atom. The van der Waals surface area contributed by atoms with Gasteiger partial charge in [-0.15, -0.1) is 10.2 Å². The van der Waals surface area contributed by atoms with E-state index in [0.717, 1.165) is 11.3 Å². The molecule has 0 aliphatic carbocycles. The molecule has 0 bridgehead atoms. The Morgan fingerprint density at radius 1 is 1.18 bits per heavy atom. The van der Waals surface area contributed by atoms with E-state index in [4.69, 9.17) is 16.3 Å². The molecule has 3 aromatic rings. The number of methoxy groups -OCH3 is 1. The van der Waals surface area contributed by atoms with Crippen molar-refractivity contribution in [3.05, 3.63) is 64.7 Å². The first-order chi connectivity index (χ1) is 16.3. The molecule has 3 rings (SSSR count). The molecular formula is C23H25ClFN5O3S. The molecule has 0 radical (unpaired) electrons. The van der Waals surface area contributed by atoms with Gasteiger partial charge < -0.3 is 19.9 Å². The molecule has 0 spiro atoms. The van der Waals surface area contributed by atoms with Gasteiger partial charge in [-0.2, -0.15) is 0 Å². The van der Waals surface area contributed by atoms with Crippen molar-refractivity contribution in [1.29, 1.82) is 0 Å². The standard InChI is InChI=1S/C23H25ClFN5O3S/c1-4-30-22(14(2)26-20(31)11-15-5-8-17(33-3)9-6-15)28-29-23(30)34-13-21(32)27-16-7-10-19(25)18(24)12-16/h5-10,12,14H,4,11,13H2,1-3H3,(H,26,31)(H,27,32)/t14-/m1/s1. The number of thioether (sulfide) groups is 1. The van der Waals surface area contributed by atoms with Crippen LogP contribution in [0.5, 0.6) is 5.75 Å². The van der Waals surface area contributed by atoms with E-state index in [1.165, 1.54) is 30.0 Å². The fourth-order valence-corrected chi connectivity index (χ4v) is 4.20. The molecule has 0 unspecified atom stereocenters. The smallest absolute Gasteiger partial charge is 0.234 e. The minimum atomic E-state index is -0.553. The molecule has 0 aliphatic rings. The van der Waals surface area contributed by atoms with Crippen LogP contribution in [0.2, 0.25) is 5.02 Å². The lowest BCUT2D eigenvalue weighted by Gasteiger charge is -2.15. The average molecular weight is 506 g/mol. The Morgan fingerprint density at radius 3 is 2.56 bits per heavy atom. The Kier molecular flexibility index (Phi) is 8.89. The highest BCUT2D eigenvalue weighted by molar-refractivity contribution is 7.99. The van der Waals surface area contributed by atoms with Gasteiger partial charge in [0.05, 0.1) is 30.3 Å². The van der Waals surface area contributed by atoms with Crippen LogP contribution in [0.1, 0.15) is 31.3 Å². The SMILES string of the molecule is CCn1c(SCC(=O)Nc2ccc(F)c(Cl)c2)nnc1[C@@H](C)NC(=O)Cc1ccc(OC)cc1. The maximum atomic E-state index is 13.3. The third-order valence-electron chi connectivity index (χ3n) is 4.89. The lowest BCUT2D eigenvalue weighted by molar-refractivity contribution is -0.121. The Balaban J connectivity index is 1.57. The minimum Gasteiger partial charge on any atom is -0.497 e. The second kappa shape index (κ2) is 11.8. The van der Waals surface area contributed by atoms with Crippen LogP contribution in [0.25, 0.3) is 0 Å². The van der Waals surface area contributed by atoms with Crippen LogP contribution in [0.3, 0.4) is 0 Å². The molecular weight excluding hydrogens is 481 g/mol. The van der Waals surface area contributed by atoms with E-state index in [1.54, 1.807) is 7.11 Å². The Hall–Kier alpha value is -3.11. The van der Waals surface area contributed by atoms with Crippen molar-refractivity contribution in [3.8, 4) is 5.75 Å². The summed E-state index contributed by atoms with van der Waals surface area (Å²) in [7, 11) is 1.59. The van der Waals surface area contributed by atoms with Crippen molar-refractivity contribution < 1.29 is 18.7 Å². The molecule has 1 atom stereocenters. The summed E-state index contributed by atoms with van der Waals surface area (Å²) < 4.78 is 20.3. The highest BCUT2D eigenvalue weighted by Crippen LogP contribution is 2.23. The topological polar surface area (TPSA) is 98.1 Å². The van der Waals surface area contributed by atoms with Gasteiger partial charge in [0.2, 0.25) is 11.8 Å². The molecule has 8 nitrogen and oxygen atoms in total. The number of nitrogens with zero attached hydrogens (tertiary/aromatic N) is 3. The fourth-order valence-electron chi connectivity index (χ4n) is 3.21. The molecule has 11 heteroatoms. The maximum absolute atomic E-state index is 13.3. The highest BCUT2D eigenvalue weighted by atomic mass is 35.5. The third kappa shape index (κ3) is 6.71. The molecule has 2 N–H and O–H groups in total. The number of halogens is 2. The molecule has 180 valence electrons. The van der Waals surface area contributed by atoms with Crippen molar-refractivity contribution in [2.75, 3.05) is 18.2 Å². The van der Waals surface area contributed by atoms with Crippen LogP contribution in [0, 0.1) is 5.82 Å². The molecule has 34 heavy (non-hydrogen) atoms. The summed E-state index contributed by atoms with van der Waals surface area (Å²) in [5.74, 6) is 0.414. The number of carbonyl (C=O) groups excluding carboxylic acids is 2. The molecule has 0 aliphatic heterocycles. The second-order valence-electron chi connectivity index (χ2n) is 7.36. The number of rotatable bonds is 10. The zero-order valence-corrected chi connectivity index (χ0v) is 20.5. The largest absolute Gasteiger partial charge is 0.497 e. The number of amides is 2. The summed E-state index contributed by atoms with van der Waals surface area (Å²) in [5.41, 5.74) is 1.27. The van der Waals surface area contributed by atoms with Gasteiger partial charge in [0.15, 0.2) is 11.0 Å². The number of hydrogen-bond acceptors (Lipinski definition) is 6. The maximum Gasteiger partial charge on any atom is 0.234 e. The predicted octanol–water partition coefficient (Wildman–Crippen LogP) is 4.25. The van der Waals surface area contributed by atoms with Crippen molar-refractivity contribution in [2.45, 2.75) is 38.0 Å². The van der Waals surface area contributed by atoms with Crippen LogP contribution in [0.15, 0.2) is 47.6 Å². The summed E-state index contributed by atoms with van der Waals surface area (Å²) >= 11 is 6.96. The fraction of sp³-hybridized carbons (Fsp3) is 0.304. The molecule has 0 saturated carbocycles. The van der Waals surface area contributed by atoms with Gasteiger partial charge in [-0.05, 0) is 49.7 Å². The first-order valence-corrected chi connectivity index (χ1v) is 11.9. The van der Waals surface area contributed by atoms with Crippen molar-refractivity contribution in [2.24, 2.45) is 0 Å². The normalized spacial score (nSPS) is 11.7. The number of benzene rings is 2. The number of nitrogens with one attached hydrogen (secondary N) is 2. The molecule has 1 heterocycles. The number of hydrogen-bond donors (Lipinski definition) is 2. The first-order valence-electron chi connectivity index (χ1n) is 10.5. The van der Waals surface area contributed by atoms with E-state index in [-0.39, 0.29) is 35.1 Å². The van der Waals surface area contributed by atoms with Gasteiger partial charge in [-0.25, -0.2) is 4.39 Å². The number of anilines is 1. The van der Waals surface area contributed by atoms with Crippen molar-refractivity contribution in [3.63, 3.8) is 0 Å². The van der Waals surface area contributed by atoms with E-state index >= 15 is 0 Å². The summed E-state index contributed by atoms with van der Waals surface area (Å²) in [5, 5.41) is 14.5. The van der Waals surface area contributed by atoms with Gasteiger partial charge >= 0.3 is 0 Å². The van der Waals surface area contributed by atoms with E-state index in [0.29, 0.717) is 23.2 Å². The summed E-state index contributed by atoms with van der Waals surface area (Å²) in [6.07, 6.45) is 0.226. The molecule has 2 amide bonds. The van der Waals surface area contributed by atoms with Crippen molar-refractivity contribution >= 4 is 40.9 Å². The summed E-state index contributed by atoms with van der Waals surface area (Å²) in [6, 6.07) is 10.9. The van der Waals surface area contributed by atoms with Crippen molar-refractivity contribution in [1.82, 2.24) is 20.1 Å². The van der Waals surface area contributed by atoms with E-state index in [1.807, 2.05) is 42.7 Å². The molecule has 2 aromatic carbocycles. The van der Waals surface area contributed by atoms with Gasteiger partial charge in [0.25, 0.3) is 0 Å². The monoisotopic (exact) mass is 505 g/mol. The van der Waals surface area contributed by atoms with Crippen LogP contribution in [0.4, 0.5) is 10.1 Å². The summed E-state index contributed by atoms with van der Waals surface area (Å²) in [6.45, 7) is 4.34. The van der Waals surface area contributed by atoms with Crippen LogP contribution < -0.4 is 15.4 Å². The quantitative estimate of drug-likeness (QED) is 0.400. The first kappa shape index (κ1) is 25.5. The minimum absolute atomic E-state index is 0.0659. The molecule has 0 fully saturated rings. The van der Waals surface area contributed by atoms with Gasteiger partial charge in [0, 0.05) is 12.2 Å². The lowest BCUT2D eigenvalue weighted by atomic mass is 10.1.